The van der Waals surface area contributed by atoms with Crippen LogP contribution in [0.2, 0.25) is 10.0 Å². The minimum Gasteiger partial charge on any atom is -0.495 e. The summed E-state index contributed by atoms with van der Waals surface area (Å²) in [5.41, 5.74) is 7.09. The Balaban J connectivity index is 2.28. The standard InChI is InChI=1S/C13H13Cl2NOS/c1-17-13-8(5-9(14)7-10(13)15)6-11(16)12-3-2-4-18-12/h2-5,7,11H,6,16H2,1H3. The van der Waals surface area contributed by atoms with E-state index < -0.39 is 0 Å². The second-order valence-electron chi connectivity index (χ2n) is 3.91. The maximum atomic E-state index is 6.16. The lowest BCUT2D eigenvalue weighted by Crippen LogP contribution is -2.12. The van der Waals surface area contributed by atoms with E-state index in [2.05, 4.69) is 0 Å². The molecule has 0 aliphatic heterocycles. The lowest BCUT2D eigenvalue weighted by Gasteiger charge is -2.14. The maximum Gasteiger partial charge on any atom is 0.140 e. The lowest BCUT2D eigenvalue weighted by atomic mass is 10.0. The average Bonchev–Trinajstić information content (AvgIpc) is 2.81. The molecular formula is C13H13Cl2NOS. The van der Waals surface area contributed by atoms with Crippen LogP contribution in [0.4, 0.5) is 0 Å². The van der Waals surface area contributed by atoms with Crippen LogP contribution in [-0.4, -0.2) is 7.11 Å². The Kier molecular flexibility index (Phi) is 4.51. The number of nitrogens with two attached hydrogens (primary N) is 1. The van der Waals surface area contributed by atoms with Gasteiger partial charge in [-0.2, -0.15) is 0 Å². The summed E-state index contributed by atoms with van der Waals surface area (Å²) < 4.78 is 5.31. The predicted molar refractivity (Wildman–Crippen MR) is 78.0 cm³/mol. The van der Waals surface area contributed by atoms with Gasteiger partial charge in [0.25, 0.3) is 0 Å². The first kappa shape index (κ1) is 13.7. The number of hydrogen-bond acceptors (Lipinski definition) is 3. The highest BCUT2D eigenvalue weighted by molar-refractivity contribution is 7.10. The van der Waals surface area contributed by atoms with Crippen molar-refractivity contribution in [3.8, 4) is 5.75 Å². The quantitative estimate of drug-likeness (QED) is 0.913. The van der Waals surface area contributed by atoms with Crippen LogP contribution in [0.15, 0.2) is 29.6 Å². The van der Waals surface area contributed by atoms with Crippen LogP contribution < -0.4 is 10.5 Å². The smallest absolute Gasteiger partial charge is 0.140 e. The minimum atomic E-state index is -0.0755. The molecule has 1 unspecified atom stereocenters. The highest BCUT2D eigenvalue weighted by atomic mass is 35.5. The van der Waals surface area contributed by atoms with Crippen molar-refractivity contribution in [2.45, 2.75) is 12.5 Å². The third kappa shape index (κ3) is 2.98. The summed E-state index contributed by atoms with van der Waals surface area (Å²) >= 11 is 13.7. The molecule has 0 bridgehead atoms. The summed E-state index contributed by atoms with van der Waals surface area (Å²) in [7, 11) is 1.59. The SMILES string of the molecule is COc1c(Cl)cc(Cl)cc1CC(N)c1cccs1. The van der Waals surface area contributed by atoms with Crippen LogP contribution in [0, 0.1) is 0 Å². The Morgan fingerprint density at radius 2 is 2.17 bits per heavy atom. The fraction of sp³-hybridized carbons (Fsp3) is 0.231. The second-order valence-corrected chi connectivity index (χ2v) is 5.73. The van der Waals surface area contributed by atoms with Gasteiger partial charge in [0, 0.05) is 15.9 Å². The van der Waals surface area contributed by atoms with Crippen molar-refractivity contribution in [1.82, 2.24) is 0 Å². The van der Waals surface area contributed by atoms with Gasteiger partial charge in [-0.15, -0.1) is 11.3 Å². The zero-order valence-corrected chi connectivity index (χ0v) is 12.1. The van der Waals surface area contributed by atoms with Crippen LogP contribution in [-0.2, 0) is 6.42 Å². The second kappa shape index (κ2) is 5.93. The van der Waals surface area contributed by atoms with E-state index in [1.807, 2.05) is 23.6 Å². The zero-order chi connectivity index (χ0) is 13.1. The van der Waals surface area contributed by atoms with Crippen molar-refractivity contribution < 1.29 is 4.74 Å². The molecule has 0 saturated heterocycles. The Morgan fingerprint density at radius 3 is 2.78 bits per heavy atom. The lowest BCUT2D eigenvalue weighted by molar-refractivity contribution is 0.408. The van der Waals surface area contributed by atoms with E-state index in [4.69, 9.17) is 33.7 Å². The molecule has 2 rings (SSSR count). The van der Waals surface area contributed by atoms with E-state index in [-0.39, 0.29) is 6.04 Å². The molecule has 1 heterocycles. The molecular weight excluding hydrogens is 289 g/mol. The first-order valence-corrected chi connectivity index (χ1v) is 7.06. The minimum absolute atomic E-state index is 0.0755. The fourth-order valence-corrected chi connectivity index (χ4v) is 3.18. The van der Waals surface area contributed by atoms with Crippen molar-refractivity contribution in [1.29, 1.82) is 0 Å². The highest BCUT2D eigenvalue weighted by Gasteiger charge is 2.15. The van der Waals surface area contributed by atoms with E-state index in [1.165, 1.54) is 0 Å². The molecule has 2 nitrogen and oxygen atoms in total. The molecule has 0 radical (unpaired) electrons. The van der Waals surface area contributed by atoms with Gasteiger partial charge in [0.05, 0.1) is 12.1 Å². The molecule has 18 heavy (non-hydrogen) atoms. The van der Waals surface area contributed by atoms with Gasteiger partial charge < -0.3 is 10.5 Å². The number of hydrogen-bond donors (Lipinski definition) is 1. The largest absolute Gasteiger partial charge is 0.495 e. The number of ether oxygens (including phenoxy) is 1. The monoisotopic (exact) mass is 301 g/mol. The molecule has 1 aromatic heterocycles. The predicted octanol–water partition coefficient (Wildman–Crippen LogP) is 4.31. The maximum absolute atomic E-state index is 6.16. The number of rotatable bonds is 4. The van der Waals surface area contributed by atoms with Crippen molar-refractivity contribution in [2.24, 2.45) is 5.73 Å². The van der Waals surface area contributed by atoms with Gasteiger partial charge in [0.1, 0.15) is 5.75 Å². The summed E-state index contributed by atoms with van der Waals surface area (Å²) in [6.45, 7) is 0. The fourth-order valence-electron chi connectivity index (χ4n) is 1.83. The molecule has 0 fully saturated rings. The zero-order valence-electron chi connectivity index (χ0n) is 9.82. The molecule has 1 atom stereocenters. The Bertz CT molecular complexity index is 528. The van der Waals surface area contributed by atoms with Gasteiger partial charge >= 0.3 is 0 Å². The van der Waals surface area contributed by atoms with Crippen molar-refractivity contribution in [2.75, 3.05) is 7.11 Å². The molecule has 1 aromatic carbocycles. The molecule has 96 valence electrons. The average molecular weight is 302 g/mol. The van der Waals surface area contributed by atoms with E-state index in [9.17, 15) is 0 Å². The van der Waals surface area contributed by atoms with E-state index in [0.29, 0.717) is 22.2 Å². The Morgan fingerprint density at radius 1 is 1.39 bits per heavy atom. The van der Waals surface area contributed by atoms with E-state index in [0.717, 1.165) is 10.4 Å². The molecule has 2 N–H and O–H groups in total. The van der Waals surface area contributed by atoms with Gasteiger partial charge in [-0.3, -0.25) is 0 Å². The van der Waals surface area contributed by atoms with Crippen LogP contribution in [0.25, 0.3) is 0 Å². The third-order valence-corrected chi connectivity index (χ3v) is 4.14. The molecule has 0 amide bonds. The van der Waals surface area contributed by atoms with Gasteiger partial charge in [-0.1, -0.05) is 29.3 Å². The van der Waals surface area contributed by atoms with Crippen molar-refractivity contribution in [3.63, 3.8) is 0 Å². The van der Waals surface area contributed by atoms with Gasteiger partial charge in [0.15, 0.2) is 0 Å². The van der Waals surface area contributed by atoms with E-state index in [1.54, 1.807) is 24.5 Å². The number of methoxy groups -OCH3 is 1. The van der Waals surface area contributed by atoms with E-state index >= 15 is 0 Å². The van der Waals surface area contributed by atoms with Crippen LogP contribution in [0.1, 0.15) is 16.5 Å². The molecule has 5 heteroatoms. The van der Waals surface area contributed by atoms with Crippen LogP contribution >= 0.6 is 34.5 Å². The third-order valence-electron chi connectivity index (χ3n) is 2.64. The summed E-state index contributed by atoms with van der Waals surface area (Å²) in [5.74, 6) is 0.646. The number of thiophene rings is 1. The summed E-state index contributed by atoms with van der Waals surface area (Å²) in [5, 5.41) is 3.12. The molecule has 2 aromatic rings. The Hall–Kier alpha value is -0.740. The van der Waals surface area contributed by atoms with Crippen LogP contribution in [0.3, 0.4) is 0 Å². The molecule has 0 aliphatic rings. The summed E-state index contributed by atoms with van der Waals surface area (Å²) in [6.07, 6.45) is 0.643. The molecule has 0 aliphatic carbocycles. The van der Waals surface area contributed by atoms with Gasteiger partial charge in [-0.05, 0) is 35.6 Å². The number of benzene rings is 1. The van der Waals surface area contributed by atoms with Gasteiger partial charge in [-0.25, -0.2) is 0 Å². The Labute approximate surface area is 120 Å². The summed E-state index contributed by atoms with van der Waals surface area (Å²) in [4.78, 5) is 1.13. The van der Waals surface area contributed by atoms with Crippen molar-refractivity contribution in [3.05, 3.63) is 50.1 Å². The van der Waals surface area contributed by atoms with Gasteiger partial charge in [0.2, 0.25) is 0 Å². The first-order valence-electron chi connectivity index (χ1n) is 5.42. The first-order chi connectivity index (χ1) is 8.61. The van der Waals surface area contributed by atoms with Crippen LogP contribution in [0.5, 0.6) is 5.75 Å². The normalized spacial score (nSPS) is 12.4. The molecule has 0 spiro atoms. The molecule has 0 saturated carbocycles. The summed E-state index contributed by atoms with van der Waals surface area (Å²) in [6, 6.07) is 7.45. The van der Waals surface area contributed by atoms with Crippen molar-refractivity contribution >= 4 is 34.5 Å². The topological polar surface area (TPSA) is 35.2 Å². The number of halogens is 2. The highest BCUT2D eigenvalue weighted by Crippen LogP contribution is 2.34.